The minimum atomic E-state index is -0.486. The normalized spacial score (nSPS) is 12.5. The van der Waals surface area contributed by atoms with E-state index in [4.69, 9.17) is 15.2 Å². The van der Waals surface area contributed by atoms with Gasteiger partial charge in [-0.2, -0.15) is 0 Å². The van der Waals surface area contributed by atoms with Crippen LogP contribution in [0.4, 0.5) is 5.82 Å². The first-order valence-corrected chi connectivity index (χ1v) is 7.85. The summed E-state index contributed by atoms with van der Waals surface area (Å²) in [6, 6.07) is 11.4. The summed E-state index contributed by atoms with van der Waals surface area (Å²) in [5, 5.41) is 9.45. The predicted octanol–water partition coefficient (Wildman–Crippen LogP) is 0.859. The molecule has 0 bridgehead atoms. The molecule has 0 radical (unpaired) electrons. The van der Waals surface area contributed by atoms with Crippen molar-refractivity contribution in [3.63, 3.8) is 0 Å². The average molecular weight is 344 g/mol. The molecule has 2 aromatic heterocycles. The molecule has 4 N–H and O–H groups in total. The van der Waals surface area contributed by atoms with Crippen molar-refractivity contribution in [3.8, 4) is 0 Å². The van der Waals surface area contributed by atoms with E-state index in [1.165, 1.54) is 6.33 Å². The number of aliphatic hydroxyl groups is 1. The lowest BCUT2D eigenvalue weighted by Crippen LogP contribution is -2.25. The standard InChI is InChI=1S/C17H20N4O4/c18-15-6-14-16(17(23)20-15)19-10-21(14)11-25-13(7-22)9-24-8-12-4-2-1-3-5-12/h1-6,10,13,22H,7-9,11H2,(H3,18,20,23). The summed E-state index contributed by atoms with van der Waals surface area (Å²) in [5.41, 5.74) is 7.22. The molecule has 0 amide bonds. The number of pyridine rings is 1. The van der Waals surface area contributed by atoms with Gasteiger partial charge in [0.15, 0.2) is 5.52 Å². The van der Waals surface area contributed by atoms with Crippen LogP contribution in [0.25, 0.3) is 11.0 Å². The van der Waals surface area contributed by atoms with E-state index >= 15 is 0 Å². The van der Waals surface area contributed by atoms with Gasteiger partial charge in [0.25, 0.3) is 5.56 Å². The third-order valence-corrected chi connectivity index (χ3v) is 3.71. The summed E-state index contributed by atoms with van der Waals surface area (Å²) in [7, 11) is 0. The van der Waals surface area contributed by atoms with Gasteiger partial charge in [-0.25, -0.2) is 4.98 Å². The molecule has 3 rings (SSSR count). The molecule has 0 spiro atoms. The molecule has 8 heteroatoms. The number of nitrogens with two attached hydrogens (primary N) is 1. The highest BCUT2D eigenvalue weighted by Crippen LogP contribution is 2.11. The molecule has 8 nitrogen and oxygen atoms in total. The smallest absolute Gasteiger partial charge is 0.277 e. The van der Waals surface area contributed by atoms with Crippen molar-refractivity contribution in [1.29, 1.82) is 0 Å². The van der Waals surface area contributed by atoms with Crippen LogP contribution in [0.1, 0.15) is 5.56 Å². The Hall–Kier alpha value is -2.68. The lowest BCUT2D eigenvalue weighted by atomic mass is 10.2. The van der Waals surface area contributed by atoms with Gasteiger partial charge in [0, 0.05) is 6.07 Å². The summed E-state index contributed by atoms with van der Waals surface area (Å²) in [5.74, 6) is 0.254. The van der Waals surface area contributed by atoms with Gasteiger partial charge in [-0.05, 0) is 5.56 Å². The number of hydrogen-bond donors (Lipinski definition) is 3. The van der Waals surface area contributed by atoms with Crippen LogP contribution in [-0.4, -0.2) is 39.0 Å². The van der Waals surface area contributed by atoms with Crippen LogP contribution in [0.3, 0.4) is 0 Å². The first-order valence-electron chi connectivity index (χ1n) is 7.85. The number of rotatable bonds is 8. The van der Waals surface area contributed by atoms with Crippen molar-refractivity contribution in [2.75, 3.05) is 18.9 Å². The summed E-state index contributed by atoms with van der Waals surface area (Å²) >= 11 is 0. The van der Waals surface area contributed by atoms with Crippen molar-refractivity contribution in [2.45, 2.75) is 19.4 Å². The summed E-state index contributed by atoms with van der Waals surface area (Å²) < 4.78 is 12.9. The molecule has 0 aliphatic heterocycles. The molecule has 0 aliphatic rings. The van der Waals surface area contributed by atoms with Crippen LogP contribution < -0.4 is 11.3 Å². The molecule has 2 heterocycles. The number of nitrogen functional groups attached to an aromatic ring is 1. The van der Waals surface area contributed by atoms with Gasteiger partial charge in [-0.1, -0.05) is 30.3 Å². The molecule has 0 saturated carbocycles. The second-order valence-electron chi connectivity index (χ2n) is 5.60. The minimum Gasteiger partial charge on any atom is -0.394 e. The molecule has 3 aromatic rings. The summed E-state index contributed by atoms with van der Waals surface area (Å²) in [6.45, 7) is 0.644. The Kier molecular flexibility index (Phi) is 5.44. The Morgan fingerprint density at radius 3 is 2.88 bits per heavy atom. The Bertz CT molecular complexity index is 875. The van der Waals surface area contributed by atoms with Crippen molar-refractivity contribution in [2.24, 2.45) is 0 Å². The van der Waals surface area contributed by atoms with E-state index in [0.717, 1.165) is 5.56 Å². The highest BCUT2D eigenvalue weighted by molar-refractivity contribution is 5.76. The Morgan fingerprint density at radius 1 is 1.32 bits per heavy atom. The molecule has 1 atom stereocenters. The summed E-state index contributed by atoms with van der Waals surface area (Å²) in [4.78, 5) is 18.3. The van der Waals surface area contributed by atoms with Crippen LogP contribution >= 0.6 is 0 Å². The average Bonchev–Trinajstić information content (AvgIpc) is 3.02. The predicted molar refractivity (Wildman–Crippen MR) is 92.8 cm³/mol. The van der Waals surface area contributed by atoms with Crippen LogP contribution in [0.5, 0.6) is 0 Å². The van der Waals surface area contributed by atoms with Gasteiger partial charge in [0.1, 0.15) is 18.7 Å². The van der Waals surface area contributed by atoms with E-state index in [1.54, 1.807) is 10.6 Å². The number of anilines is 1. The monoisotopic (exact) mass is 344 g/mol. The maximum Gasteiger partial charge on any atom is 0.277 e. The molecule has 0 fully saturated rings. The van der Waals surface area contributed by atoms with Crippen LogP contribution in [0.2, 0.25) is 0 Å². The zero-order valence-electron chi connectivity index (χ0n) is 13.6. The molecule has 0 aliphatic carbocycles. The molecule has 0 saturated heterocycles. The zero-order chi connectivity index (χ0) is 17.6. The number of nitrogens with zero attached hydrogens (tertiary/aromatic N) is 2. The molecule has 1 aromatic carbocycles. The highest BCUT2D eigenvalue weighted by atomic mass is 16.5. The van der Waals surface area contributed by atoms with Gasteiger partial charge >= 0.3 is 0 Å². The summed E-state index contributed by atoms with van der Waals surface area (Å²) in [6.07, 6.45) is 1.01. The number of benzene rings is 1. The lowest BCUT2D eigenvalue weighted by molar-refractivity contribution is -0.0696. The van der Waals surface area contributed by atoms with Crippen LogP contribution in [0, 0.1) is 0 Å². The second kappa shape index (κ2) is 7.93. The molecule has 132 valence electrons. The Morgan fingerprint density at radius 2 is 2.12 bits per heavy atom. The lowest BCUT2D eigenvalue weighted by Gasteiger charge is -2.16. The fourth-order valence-corrected chi connectivity index (χ4v) is 2.42. The third kappa shape index (κ3) is 4.24. The van der Waals surface area contributed by atoms with Crippen molar-refractivity contribution >= 4 is 16.9 Å². The number of hydrogen-bond acceptors (Lipinski definition) is 6. The van der Waals surface area contributed by atoms with Crippen LogP contribution in [-0.2, 0) is 22.8 Å². The zero-order valence-corrected chi connectivity index (χ0v) is 13.6. The van der Waals surface area contributed by atoms with Crippen molar-refractivity contribution < 1.29 is 14.6 Å². The highest BCUT2D eigenvalue weighted by Gasteiger charge is 2.11. The quantitative estimate of drug-likeness (QED) is 0.558. The van der Waals surface area contributed by atoms with E-state index in [2.05, 4.69) is 9.97 Å². The van der Waals surface area contributed by atoms with E-state index < -0.39 is 6.10 Å². The topological polar surface area (TPSA) is 115 Å². The van der Waals surface area contributed by atoms with E-state index in [1.807, 2.05) is 30.3 Å². The first kappa shape index (κ1) is 17.2. The Balaban J connectivity index is 1.57. The number of H-pyrrole nitrogens is 1. The van der Waals surface area contributed by atoms with Gasteiger partial charge in [0.2, 0.25) is 0 Å². The fraction of sp³-hybridized carbons (Fsp3) is 0.294. The van der Waals surface area contributed by atoms with Crippen molar-refractivity contribution in [1.82, 2.24) is 14.5 Å². The number of imidazole rings is 1. The van der Waals surface area contributed by atoms with E-state index in [9.17, 15) is 9.90 Å². The largest absolute Gasteiger partial charge is 0.394 e. The minimum absolute atomic E-state index is 0.124. The number of ether oxygens (including phenoxy) is 2. The first-order chi connectivity index (χ1) is 12.2. The number of aromatic amines is 1. The number of aromatic nitrogens is 3. The van der Waals surface area contributed by atoms with Gasteiger partial charge < -0.3 is 29.9 Å². The van der Waals surface area contributed by atoms with Crippen molar-refractivity contribution in [3.05, 3.63) is 58.6 Å². The van der Waals surface area contributed by atoms with Gasteiger partial charge in [-0.15, -0.1) is 0 Å². The molecular weight excluding hydrogens is 324 g/mol. The maximum absolute atomic E-state index is 11.8. The van der Waals surface area contributed by atoms with Gasteiger partial charge in [-0.3, -0.25) is 4.79 Å². The maximum atomic E-state index is 11.8. The SMILES string of the molecule is Nc1cc2c(ncn2COC(CO)COCc2ccccc2)c(=O)[nH]1. The number of aliphatic hydroxyl groups excluding tert-OH is 1. The number of fused-ring (bicyclic) bond motifs is 1. The third-order valence-electron chi connectivity index (χ3n) is 3.71. The van der Waals surface area contributed by atoms with E-state index in [0.29, 0.717) is 17.6 Å². The van der Waals surface area contributed by atoms with Crippen LogP contribution in [0.15, 0.2) is 47.5 Å². The number of nitrogens with one attached hydrogen (secondary N) is 1. The fourth-order valence-electron chi connectivity index (χ4n) is 2.42. The van der Waals surface area contributed by atoms with E-state index in [-0.39, 0.29) is 31.3 Å². The molecular formula is C17H20N4O4. The van der Waals surface area contributed by atoms with Gasteiger partial charge in [0.05, 0.1) is 31.7 Å². The Labute approximate surface area is 143 Å². The molecule has 1 unspecified atom stereocenters. The molecule has 25 heavy (non-hydrogen) atoms. The second-order valence-corrected chi connectivity index (χ2v) is 5.60.